The molecule has 1 aromatic rings. The number of hydrogen-bond donors (Lipinski definition) is 1. The number of aliphatic hydroxyl groups is 1. The molecule has 0 saturated heterocycles. The van der Waals surface area contributed by atoms with Crippen LogP contribution in [0, 0.1) is 6.92 Å². The van der Waals surface area contributed by atoms with Crippen molar-refractivity contribution in [3.8, 4) is 0 Å². The van der Waals surface area contributed by atoms with Crippen LogP contribution in [0.25, 0.3) is 6.08 Å². The highest BCUT2D eigenvalue weighted by atomic mass is 19.2. The van der Waals surface area contributed by atoms with Crippen molar-refractivity contribution in [1.29, 1.82) is 0 Å². The average molecular weight is 302 g/mol. The second-order valence-corrected chi connectivity index (χ2v) is 5.45. The maximum absolute atomic E-state index is 14.1. The number of aliphatic hydroxyl groups excluding tert-OH is 1. The van der Waals surface area contributed by atoms with Crippen molar-refractivity contribution in [3.63, 3.8) is 0 Å². The Morgan fingerprint density at radius 2 is 1.95 bits per heavy atom. The van der Waals surface area contributed by atoms with Gasteiger partial charge in [0.15, 0.2) is 12.3 Å². The van der Waals surface area contributed by atoms with Crippen LogP contribution in [0.15, 0.2) is 54.7 Å². The first kappa shape index (κ1) is 16.4. The van der Waals surface area contributed by atoms with Crippen molar-refractivity contribution in [3.05, 3.63) is 76.9 Å². The molecule has 0 fully saturated rings. The van der Waals surface area contributed by atoms with Crippen LogP contribution in [0.5, 0.6) is 0 Å². The topological polar surface area (TPSA) is 20.2 Å². The van der Waals surface area contributed by atoms with Gasteiger partial charge in [-0.2, -0.15) is 0 Å². The van der Waals surface area contributed by atoms with Crippen LogP contribution in [-0.4, -0.2) is 11.3 Å². The summed E-state index contributed by atoms with van der Waals surface area (Å²) in [7, 11) is 0. The first-order valence-electron chi connectivity index (χ1n) is 7.15. The van der Waals surface area contributed by atoms with Gasteiger partial charge < -0.3 is 5.11 Å². The van der Waals surface area contributed by atoms with Crippen LogP contribution in [0.1, 0.15) is 41.5 Å². The first-order chi connectivity index (χ1) is 10.4. The maximum atomic E-state index is 14.1. The summed E-state index contributed by atoms with van der Waals surface area (Å²) in [6.07, 6.45) is 1.63. The highest BCUT2D eigenvalue weighted by Crippen LogP contribution is 2.40. The van der Waals surface area contributed by atoms with E-state index in [9.17, 15) is 13.9 Å². The molecule has 0 spiro atoms. The summed E-state index contributed by atoms with van der Waals surface area (Å²) in [5, 5.41) is 10.7. The van der Waals surface area contributed by atoms with Gasteiger partial charge in [-0.25, -0.2) is 8.78 Å². The maximum Gasteiger partial charge on any atom is 0.160 e. The Morgan fingerprint density at radius 3 is 2.55 bits per heavy atom. The quantitative estimate of drug-likeness (QED) is 0.768. The molecule has 3 unspecified atom stereocenters. The molecular weight excluding hydrogens is 282 g/mol. The van der Waals surface area contributed by atoms with E-state index in [-0.39, 0.29) is 5.56 Å². The second-order valence-electron chi connectivity index (χ2n) is 5.45. The zero-order chi connectivity index (χ0) is 16.4. The molecule has 3 heteroatoms. The monoisotopic (exact) mass is 302 g/mol. The number of benzene rings is 1. The summed E-state index contributed by atoms with van der Waals surface area (Å²) >= 11 is 0. The van der Waals surface area contributed by atoms with Gasteiger partial charge >= 0.3 is 0 Å². The minimum Gasteiger partial charge on any atom is -0.384 e. The fraction of sp³-hybridized carbons (Fsp3) is 0.263. The molecule has 0 saturated carbocycles. The first-order valence-corrected chi connectivity index (χ1v) is 7.15. The Hall–Kier alpha value is -2.00. The summed E-state index contributed by atoms with van der Waals surface area (Å²) in [6.45, 7) is 11.1. The third-order valence-corrected chi connectivity index (χ3v) is 4.11. The van der Waals surface area contributed by atoms with Crippen molar-refractivity contribution >= 4 is 6.08 Å². The Kier molecular flexibility index (Phi) is 4.77. The van der Waals surface area contributed by atoms with Gasteiger partial charge in [0.1, 0.15) is 6.10 Å². The van der Waals surface area contributed by atoms with Crippen molar-refractivity contribution < 1.29 is 13.9 Å². The molecule has 3 atom stereocenters. The number of hydrogen-bond acceptors (Lipinski definition) is 1. The molecule has 0 bridgehead atoms. The highest BCUT2D eigenvalue weighted by molar-refractivity contribution is 5.65. The van der Waals surface area contributed by atoms with Gasteiger partial charge in [0, 0.05) is 0 Å². The molecule has 0 aliphatic heterocycles. The SMILES string of the molecule is C=C/C(C)=C(\C=C)C(O)c1c(C)ccc2c1C=CC(F)C2F. The van der Waals surface area contributed by atoms with Gasteiger partial charge in [0.25, 0.3) is 0 Å². The van der Waals surface area contributed by atoms with Crippen molar-refractivity contribution in [2.45, 2.75) is 32.3 Å². The predicted octanol–water partition coefficient (Wildman–Crippen LogP) is 5.09. The van der Waals surface area contributed by atoms with Gasteiger partial charge in [-0.15, -0.1) is 0 Å². The molecule has 0 aromatic heterocycles. The Bertz CT molecular complexity index is 670. The zero-order valence-electron chi connectivity index (χ0n) is 12.8. The molecule has 0 amide bonds. The van der Waals surface area contributed by atoms with E-state index in [0.29, 0.717) is 16.7 Å². The summed E-state index contributed by atoms with van der Waals surface area (Å²) < 4.78 is 27.6. The van der Waals surface area contributed by atoms with E-state index >= 15 is 0 Å². The smallest absolute Gasteiger partial charge is 0.160 e. The molecule has 2 rings (SSSR count). The lowest BCUT2D eigenvalue weighted by Gasteiger charge is -2.25. The average Bonchev–Trinajstić information content (AvgIpc) is 2.51. The Labute approximate surface area is 130 Å². The van der Waals surface area contributed by atoms with Gasteiger partial charge in [-0.3, -0.25) is 0 Å². The minimum atomic E-state index is -1.71. The molecule has 1 aliphatic rings. The van der Waals surface area contributed by atoms with E-state index in [1.165, 1.54) is 6.08 Å². The minimum absolute atomic E-state index is 0.273. The normalized spacial score (nSPS) is 22.6. The Balaban J connectivity index is 2.66. The number of rotatable bonds is 4. The van der Waals surface area contributed by atoms with E-state index in [2.05, 4.69) is 13.2 Å². The summed E-state index contributed by atoms with van der Waals surface area (Å²) in [6, 6.07) is 3.29. The molecule has 1 aromatic carbocycles. The molecule has 1 nitrogen and oxygen atoms in total. The number of fused-ring (bicyclic) bond motifs is 1. The number of halogens is 2. The van der Waals surface area contributed by atoms with E-state index in [1.807, 2.05) is 13.8 Å². The van der Waals surface area contributed by atoms with Gasteiger partial charge in [-0.1, -0.05) is 43.5 Å². The highest BCUT2D eigenvalue weighted by Gasteiger charge is 2.29. The van der Waals surface area contributed by atoms with E-state index in [0.717, 1.165) is 11.1 Å². The second kappa shape index (κ2) is 6.41. The van der Waals surface area contributed by atoms with Gasteiger partial charge in [0.2, 0.25) is 0 Å². The predicted molar refractivity (Wildman–Crippen MR) is 87.0 cm³/mol. The van der Waals surface area contributed by atoms with Crippen LogP contribution >= 0.6 is 0 Å². The zero-order valence-corrected chi connectivity index (χ0v) is 12.8. The third-order valence-electron chi connectivity index (χ3n) is 4.11. The van der Waals surface area contributed by atoms with Gasteiger partial charge in [-0.05, 0) is 53.3 Å². The lowest BCUT2D eigenvalue weighted by atomic mass is 9.84. The Morgan fingerprint density at radius 1 is 1.27 bits per heavy atom. The van der Waals surface area contributed by atoms with Crippen LogP contribution in [0.4, 0.5) is 8.78 Å². The summed E-state index contributed by atoms with van der Waals surface area (Å²) in [5.41, 5.74) is 3.62. The molecule has 1 N–H and O–H groups in total. The molecule has 116 valence electrons. The molecule has 22 heavy (non-hydrogen) atoms. The molecular formula is C19H20F2O. The van der Waals surface area contributed by atoms with Crippen molar-refractivity contribution in [2.75, 3.05) is 0 Å². The third kappa shape index (κ3) is 2.69. The van der Waals surface area contributed by atoms with Crippen molar-refractivity contribution in [2.24, 2.45) is 0 Å². The number of alkyl halides is 2. The molecule has 0 radical (unpaired) electrons. The standard InChI is InChI=1S/C19H20F2O/c1-5-11(3)13(6-2)19(22)17-12(4)7-8-15-14(17)9-10-16(20)18(15)21/h5-10,16,18-19,22H,1-2H2,3-4H3/b13-11+. The number of allylic oxidation sites excluding steroid dienone is 3. The van der Waals surface area contributed by atoms with Crippen LogP contribution in [0.3, 0.4) is 0 Å². The lowest BCUT2D eigenvalue weighted by Crippen LogP contribution is -2.16. The molecule has 1 aliphatic carbocycles. The molecule has 0 heterocycles. The fourth-order valence-electron chi connectivity index (χ4n) is 2.77. The van der Waals surface area contributed by atoms with Gasteiger partial charge in [0.05, 0.1) is 0 Å². The van der Waals surface area contributed by atoms with E-state index in [4.69, 9.17) is 0 Å². The lowest BCUT2D eigenvalue weighted by molar-refractivity contribution is 0.202. The van der Waals surface area contributed by atoms with Crippen LogP contribution < -0.4 is 0 Å². The largest absolute Gasteiger partial charge is 0.384 e. The van der Waals surface area contributed by atoms with E-state index in [1.54, 1.807) is 30.4 Å². The number of aryl methyl sites for hydroxylation is 1. The summed E-state index contributed by atoms with van der Waals surface area (Å²) in [4.78, 5) is 0. The van der Waals surface area contributed by atoms with Crippen molar-refractivity contribution in [1.82, 2.24) is 0 Å². The fourth-order valence-corrected chi connectivity index (χ4v) is 2.77. The van der Waals surface area contributed by atoms with Crippen LogP contribution in [0.2, 0.25) is 0 Å². The van der Waals surface area contributed by atoms with Crippen LogP contribution in [-0.2, 0) is 0 Å². The summed E-state index contributed by atoms with van der Waals surface area (Å²) in [5.74, 6) is 0. The van der Waals surface area contributed by atoms with E-state index < -0.39 is 18.4 Å².